The number of benzene rings is 2. The third-order valence-corrected chi connectivity index (χ3v) is 4.54. The Bertz CT molecular complexity index is 931. The van der Waals surface area contributed by atoms with Gasteiger partial charge in [-0.05, 0) is 24.1 Å². The van der Waals surface area contributed by atoms with Gasteiger partial charge >= 0.3 is 0 Å². The average Bonchev–Trinajstić information content (AvgIpc) is 3.41. The number of anilines is 1. The third-order valence-electron chi connectivity index (χ3n) is 4.54. The van der Waals surface area contributed by atoms with Crippen molar-refractivity contribution in [2.75, 3.05) is 12.4 Å². The normalized spacial score (nSPS) is 18.8. The first-order valence-corrected chi connectivity index (χ1v) is 7.98. The quantitative estimate of drug-likeness (QED) is 0.788. The van der Waals surface area contributed by atoms with Crippen LogP contribution in [0.1, 0.15) is 23.5 Å². The van der Waals surface area contributed by atoms with Crippen molar-refractivity contribution in [1.82, 2.24) is 4.98 Å². The van der Waals surface area contributed by atoms with Gasteiger partial charge in [0.15, 0.2) is 0 Å². The summed E-state index contributed by atoms with van der Waals surface area (Å²) >= 11 is 0. The molecular weight excluding hydrogens is 298 g/mol. The van der Waals surface area contributed by atoms with Crippen molar-refractivity contribution in [2.45, 2.75) is 18.4 Å². The summed E-state index contributed by atoms with van der Waals surface area (Å²) in [7, 11) is 1.64. The van der Waals surface area contributed by atoms with Crippen LogP contribution in [-0.4, -0.2) is 18.1 Å². The minimum Gasteiger partial charge on any atom is -0.497 e. The van der Waals surface area contributed by atoms with Crippen LogP contribution in [0, 0.1) is 11.3 Å². The third kappa shape index (κ3) is 2.55. The van der Waals surface area contributed by atoms with Crippen LogP contribution in [-0.2, 0) is 0 Å². The largest absolute Gasteiger partial charge is 0.497 e. The lowest BCUT2D eigenvalue weighted by molar-refractivity contribution is 0.415. The molecular formula is C20H17N3O. The molecule has 118 valence electrons. The van der Waals surface area contributed by atoms with Crippen LogP contribution in [0.15, 0.2) is 54.7 Å². The van der Waals surface area contributed by atoms with Crippen molar-refractivity contribution in [3.8, 4) is 11.8 Å². The molecule has 0 saturated heterocycles. The standard InChI is InChI=1S/C20H17N3O/c1-24-15-7-8-16-18(9-15)22-12-14(11-21)20(16)23-19-10-17(19)13-5-3-2-4-6-13/h2-9,12,17,19H,10H2,1H3,(H,22,23)/t17-,19+/m0/s1. The van der Waals surface area contributed by atoms with Crippen LogP contribution in [0.5, 0.6) is 5.75 Å². The first-order valence-electron chi connectivity index (χ1n) is 7.98. The monoisotopic (exact) mass is 315 g/mol. The zero-order valence-electron chi connectivity index (χ0n) is 13.4. The summed E-state index contributed by atoms with van der Waals surface area (Å²) in [5.74, 6) is 1.26. The van der Waals surface area contributed by atoms with E-state index in [1.165, 1.54) is 5.56 Å². The molecule has 3 aromatic rings. The van der Waals surface area contributed by atoms with Gasteiger partial charge in [0.25, 0.3) is 0 Å². The molecule has 4 nitrogen and oxygen atoms in total. The van der Waals surface area contributed by atoms with Gasteiger partial charge in [0.2, 0.25) is 0 Å². The molecule has 0 bridgehead atoms. The molecule has 1 N–H and O–H groups in total. The number of rotatable bonds is 4. The molecule has 24 heavy (non-hydrogen) atoms. The molecule has 4 heteroatoms. The lowest BCUT2D eigenvalue weighted by Gasteiger charge is -2.12. The van der Waals surface area contributed by atoms with Gasteiger partial charge in [-0.25, -0.2) is 0 Å². The van der Waals surface area contributed by atoms with E-state index in [1.807, 2.05) is 24.3 Å². The Balaban J connectivity index is 1.67. The average molecular weight is 315 g/mol. The molecule has 1 fully saturated rings. The predicted octanol–water partition coefficient (Wildman–Crippen LogP) is 4.08. The first-order chi connectivity index (χ1) is 11.8. The molecule has 0 amide bonds. The number of fused-ring (bicyclic) bond motifs is 1. The van der Waals surface area contributed by atoms with Gasteiger partial charge in [-0.1, -0.05) is 30.3 Å². The van der Waals surface area contributed by atoms with Crippen molar-refractivity contribution in [2.24, 2.45) is 0 Å². The second-order valence-corrected chi connectivity index (χ2v) is 6.05. The van der Waals surface area contributed by atoms with E-state index in [2.05, 4.69) is 40.6 Å². The number of pyridine rings is 1. The summed E-state index contributed by atoms with van der Waals surface area (Å²) in [6, 6.07) is 18.8. The molecule has 2 aromatic carbocycles. The van der Waals surface area contributed by atoms with E-state index in [4.69, 9.17) is 4.74 Å². The number of hydrogen-bond donors (Lipinski definition) is 1. The molecule has 1 aliphatic carbocycles. The summed E-state index contributed by atoms with van der Waals surface area (Å²) in [6.45, 7) is 0. The number of ether oxygens (including phenoxy) is 1. The van der Waals surface area contributed by atoms with Gasteiger partial charge in [-0.3, -0.25) is 4.98 Å². The molecule has 0 radical (unpaired) electrons. The Morgan fingerprint density at radius 3 is 2.79 bits per heavy atom. The topological polar surface area (TPSA) is 57.9 Å². The molecule has 0 spiro atoms. The highest BCUT2D eigenvalue weighted by molar-refractivity contribution is 5.95. The number of aromatic nitrogens is 1. The van der Waals surface area contributed by atoms with Crippen molar-refractivity contribution in [1.29, 1.82) is 5.26 Å². The van der Waals surface area contributed by atoms with Gasteiger partial charge in [-0.2, -0.15) is 5.26 Å². The Hall–Kier alpha value is -3.06. The maximum atomic E-state index is 9.44. The van der Waals surface area contributed by atoms with E-state index in [1.54, 1.807) is 13.3 Å². The minimum atomic E-state index is 0.354. The fourth-order valence-electron chi connectivity index (χ4n) is 3.15. The van der Waals surface area contributed by atoms with Crippen LogP contribution in [0.2, 0.25) is 0 Å². The zero-order chi connectivity index (χ0) is 16.5. The van der Waals surface area contributed by atoms with Crippen molar-refractivity contribution < 1.29 is 4.74 Å². The highest BCUT2D eigenvalue weighted by atomic mass is 16.5. The van der Waals surface area contributed by atoms with Crippen molar-refractivity contribution in [3.63, 3.8) is 0 Å². The van der Waals surface area contributed by atoms with E-state index in [0.717, 1.165) is 28.8 Å². The number of nitrogens with one attached hydrogen (secondary N) is 1. The Morgan fingerprint density at radius 2 is 2.04 bits per heavy atom. The Labute approximate surface area is 140 Å². The Morgan fingerprint density at radius 1 is 1.21 bits per heavy atom. The van der Waals surface area contributed by atoms with E-state index in [0.29, 0.717) is 17.5 Å². The summed E-state index contributed by atoms with van der Waals surface area (Å²) in [4.78, 5) is 4.38. The molecule has 0 aliphatic heterocycles. The van der Waals surface area contributed by atoms with Crippen molar-refractivity contribution in [3.05, 3.63) is 65.9 Å². The first kappa shape index (κ1) is 14.5. The number of nitriles is 1. The van der Waals surface area contributed by atoms with Gasteiger partial charge in [0.05, 0.1) is 23.9 Å². The number of methoxy groups -OCH3 is 1. The van der Waals surface area contributed by atoms with Crippen LogP contribution in [0.25, 0.3) is 10.9 Å². The summed E-state index contributed by atoms with van der Waals surface area (Å²) in [6.07, 6.45) is 2.71. The van der Waals surface area contributed by atoms with Crippen LogP contribution < -0.4 is 10.1 Å². The summed E-state index contributed by atoms with van der Waals surface area (Å²) in [5, 5.41) is 14.0. The second kappa shape index (κ2) is 5.86. The van der Waals surface area contributed by atoms with Crippen LogP contribution >= 0.6 is 0 Å². The summed E-state index contributed by atoms with van der Waals surface area (Å²) < 4.78 is 5.26. The van der Waals surface area contributed by atoms with Gasteiger partial charge in [0.1, 0.15) is 11.8 Å². The minimum absolute atomic E-state index is 0.354. The number of nitrogens with zero attached hydrogens (tertiary/aromatic N) is 2. The summed E-state index contributed by atoms with van der Waals surface area (Å²) in [5.41, 5.74) is 3.61. The van der Waals surface area contributed by atoms with Crippen LogP contribution in [0.3, 0.4) is 0 Å². The highest BCUT2D eigenvalue weighted by Crippen LogP contribution is 2.44. The van der Waals surface area contributed by atoms with E-state index >= 15 is 0 Å². The zero-order valence-corrected chi connectivity index (χ0v) is 13.4. The van der Waals surface area contributed by atoms with E-state index < -0.39 is 0 Å². The SMILES string of the molecule is COc1ccc2c(N[C@@H]3C[C@H]3c3ccccc3)c(C#N)cnc2c1. The molecule has 1 aromatic heterocycles. The molecule has 2 atom stereocenters. The van der Waals surface area contributed by atoms with Crippen molar-refractivity contribution >= 4 is 16.6 Å². The molecule has 0 unspecified atom stereocenters. The Kier molecular flexibility index (Phi) is 3.55. The molecule has 1 saturated carbocycles. The fourth-order valence-corrected chi connectivity index (χ4v) is 3.15. The van der Waals surface area contributed by atoms with Gasteiger partial charge < -0.3 is 10.1 Å². The number of hydrogen-bond acceptors (Lipinski definition) is 4. The van der Waals surface area contributed by atoms with Gasteiger partial charge in [0, 0.05) is 29.6 Å². The smallest absolute Gasteiger partial charge is 0.121 e. The molecule has 1 aliphatic rings. The molecule has 4 rings (SSSR count). The fraction of sp³-hybridized carbons (Fsp3) is 0.200. The lowest BCUT2D eigenvalue weighted by atomic mass is 10.1. The maximum absolute atomic E-state index is 9.44. The predicted molar refractivity (Wildman–Crippen MR) is 94.2 cm³/mol. The lowest BCUT2D eigenvalue weighted by Crippen LogP contribution is -2.07. The maximum Gasteiger partial charge on any atom is 0.121 e. The van der Waals surface area contributed by atoms with Gasteiger partial charge in [-0.15, -0.1) is 0 Å². The van der Waals surface area contributed by atoms with Crippen LogP contribution in [0.4, 0.5) is 5.69 Å². The second-order valence-electron chi connectivity index (χ2n) is 6.05. The molecule has 1 heterocycles. The highest BCUT2D eigenvalue weighted by Gasteiger charge is 2.38. The van der Waals surface area contributed by atoms with E-state index in [-0.39, 0.29) is 0 Å². The van der Waals surface area contributed by atoms with E-state index in [9.17, 15) is 5.26 Å².